The molecule has 0 spiro atoms. The molecular weight excluding hydrogens is 226 g/mol. The lowest BCUT2D eigenvalue weighted by Gasteiger charge is -2.37. The van der Waals surface area contributed by atoms with E-state index in [-0.39, 0.29) is 11.3 Å². The molecule has 0 fully saturated rings. The number of ketones is 1. The lowest BCUT2D eigenvalue weighted by atomic mass is 9.84. The summed E-state index contributed by atoms with van der Waals surface area (Å²) >= 11 is 0. The Kier molecular flexibility index (Phi) is 5.08. The third-order valence-electron chi connectivity index (χ3n) is 3.92. The van der Waals surface area contributed by atoms with Crippen LogP contribution in [0.25, 0.3) is 0 Å². The monoisotopic (exact) mass is 251 g/mol. The second-order valence-electron chi connectivity index (χ2n) is 4.94. The second kappa shape index (κ2) is 6.14. The Morgan fingerprint density at radius 2 is 1.94 bits per heavy atom. The molecule has 0 aromatic carbocycles. The largest absolute Gasteiger partial charge is 0.297 e. The molecule has 1 rings (SSSR count). The predicted molar refractivity (Wildman–Crippen MR) is 73.6 cm³/mol. The van der Waals surface area contributed by atoms with Crippen molar-refractivity contribution in [1.82, 2.24) is 14.7 Å². The summed E-state index contributed by atoms with van der Waals surface area (Å²) < 4.78 is 1.86. The fourth-order valence-electron chi connectivity index (χ4n) is 2.55. The van der Waals surface area contributed by atoms with E-state index in [9.17, 15) is 4.79 Å². The van der Waals surface area contributed by atoms with E-state index in [1.54, 1.807) is 6.20 Å². The molecule has 0 aliphatic heterocycles. The molecule has 0 aliphatic rings. The van der Waals surface area contributed by atoms with Crippen molar-refractivity contribution in [2.45, 2.75) is 52.1 Å². The van der Waals surface area contributed by atoms with Crippen LogP contribution in [0, 0.1) is 0 Å². The van der Waals surface area contributed by atoms with Crippen molar-refractivity contribution < 1.29 is 4.79 Å². The van der Waals surface area contributed by atoms with Gasteiger partial charge in [0.05, 0.1) is 11.7 Å². The van der Waals surface area contributed by atoms with Crippen molar-refractivity contribution in [1.29, 1.82) is 0 Å². The molecule has 0 saturated heterocycles. The zero-order valence-electron chi connectivity index (χ0n) is 12.2. The van der Waals surface area contributed by atoms with Crippen LogP contribution in [0.3, 0.4) is 0 Å². The summed E-state index contributed by atoms with van der Waals surface area (Å²) in [6.07, 6.45) is 5.92. The Hall–Kier alpha value is -1.16. The first kappa shape index (κ1) is 14.9. The van der Waals surface area contributed by atoms with Gasteiger partial charge in [-0.15, -0.1) is 0 Å². The smallest absolute Gasteiger partial charge is 0.157 e. The van der Waals surface area contributed by atoms with Crippen molar-refractivity contribution in [2.24, 2.45) is 0 Å². The number of hydrogen-bond acceptors (Lipinski definition) is 3. The number of aryl methyl sites for hydroxylation is 1. The van der Waals surface area contributed by atoms with Crippen LogP contribution in [-0.4, -0.2) is 40.1 Å². The molecule has 0 N–H and O–H groups in total. The van der Waals surface area contributed by atoms with Gasteiger partial charge in [0, 0.05) is 19.2 Å². The summed E-state index contributed by atoms with van der Waals surface area (Å²) in [6.45, 7) is 7.04. The molecule has 0 bridgehead atoms. The van der Waals surface area contributed by atoms with Crippen LogP contribution >= 0.6 is 0 Å². The van der Waals surface area contributed by atoms with E-state index in [4.69, 9.17) is 0 Å². The highest BCUT2D eigenvalue weighted by atomic mass is 16.1. The van der Waals surface area contributed by atoms with Crippen molar-refractivity contribution in [2.75, 3.05) is 14.1 Å². The number of likely N-dealkylation sites (N-methyl/N-ethyl adjacent to an activating group) is 1. The Morgan fingerprint density at radius 3 is 2.33 bits per heavy atom. The Morgan fingerprint density at radius 1 is 1.33 bits per heavy atom. The lowest BCUT2D eigenvalue weighted by Crippen LogP contribution is -2.50. The van der Waals surface area contributed by atoms with Gasteiger partial charge in [-0.1, -0.05) is 13.8 Å². The number of nitrogens with zero attached hydrogens (tertiary/aromatic N) is 3. The lowest BCUT2D eigenvalue weighted by molar-refractivity contribution is -0.129. The van der Waals surface area contributed by atoms with Gasteiger partial charge in [-0.3, -0.25) is 14.4 Å². The molecule has 0 amide bonds. The molecule has 0 radical (unpaired) electrons. The quantitative estimate of drug-likeness (QED) is 0.745. The van der Waals surface area contributed by atoms with Crippen molar-refractivity contribution >= 4 is 5.78 Å². The maximum absolute atomic E-state index is 12.6. The fourth-order valence-corrected chi connectivity index (χ4v) is 2.55. The highest BCUT2D eigenvalue weighted by molar-refractivity contribution is 5.90. The summed E-state index contributed by atoms with van der Waals surface area (Å²) in [4.78, 5) is 14.6. The predicted octanol–water partition coefficient (Wildman–Crippen LogP) is 2.13. The number of Topliss-reactive ketones (excluding diaryl/α,β-unsaturated/α-hetero) is 1. The zero-order chi connectivity index (χ0) is 13.8. The summed E-state index contributed by atoms with van der Waals surface area (Å²) in [5.41, 5.74) is 0.670. The number of rotatable bonds is 7. The topological polar surface area (TPSA) is 38.1 Å². The van der Waals surface area contributed by atoms with Gasteiger partial charge in [-0.05, 0) is 39.4 Å². The van der Waals surface area contributed by atoms with E-state index < -0.39 is 0 Å². The van der Waals surface area contributed by atoms with Gasteiger partial charge < -0.3 is 0 Å². The van der Waals surface area contributed by atoms with E-state index in [1.807, 2.05) is 31.9 Å². The standard InChI is InChI=1S/C14H25N3O/c1-6-14(7-2,16(4)5)13(18)9-12-10-15-17(8-3)11-12/h10-11H,6-9H2,1-5H3. The molecule has 1 aromatic heterocycles. The minimum absolute atomic E-state index is 0.285. The van der Waals surface area contributed by atoms with Crippen molar-refractivity contribution in [3.63, 3.8) is 0 Å². The number of hydrogen-bond donors (Lipinski definition) is 0. The van der Waals surface area contributed by atoms with Gasteiger partial charge in [0.25, 0.3) is 0 Å². The molecule has 0 aliphatic carbocycles. The van der Waals surface area contributed by atoms with Crippen LogP contribution in [0.4, 0.5) is 0 Å². The third kappa shape index (κ3) is 2.80. The maximum Gasteiger partial charge on any atom is 0.157 e. The second-order valence-corrected chi connectivity index (χ2v) is 4.94. The minimum atomic E-state index is -0.339. The highest BCUT2D eigenvalue weighted by Gasteiger charge is 2.36. The Bertz CT molecular complexity index is 391. The van der Waals surface area contributed by atoms with Gasteiger partial charge in [-0.2, -0.15) is 5.10 Å². The van der Waals surface area contributed by atoms with E-state index in [0.29, 0.717) is 6.42 Å². The first-order chi connectivity index (χ1) is 8.50. The van der Waals surface area contributed by atoms with E-state index >= 15 is 0 Å². The Balaban J connectivity index is 2.85. The average molecular weight is 251 g/mol. The van der Waals surface area contributed by atoms with Crippen molar-refractivity contribution in [3.8, 4) is 0 Å². The Labute approximate surface area is 110 Å². The molecule has 18 heavy (non-hydrogen) atoms. The first-order valence-electron chi connectivity index (χ1n) is 6.72. The minimum Gasteiger partial charge on any atom is -0.297 e. The molecule has 4 nitrogen and oxygen atoms in total. The SMILES string of the molecule is CCn1cc(CC(=O)C(CC)(CC)N(C)C)cn1. The molecule has 0 atom stereocenters. The average Bonchev–Trinajstić information content (AvgIpc) is 2.78. The number of aromatic nitrogens is 2. The summed E-state index contributed by atoms with van der Waals surface area (Å²) in [5, 5.41) is 4.22. The van der Waals surface area contributed by atoms with Crippen LogP contribution in [0.1, 0.15) is 39.2 Å². The molecule has 0 unspecified atom stereocenters. The van der Waals surface area contributed by atoms with Crippen LogP contribution in [0.15, 0.2) is 12.4 Å². The molecule has 0 saturated carbocycles. The summed E-state index contributed by atoms with van der Waals surface area (Å²) in [5.74, 6) is 0.285. The maximum atomic E-state index is 12.6. The van der Waals surface area contributed by atoms with Crippen molar-refractivity contribution in [3.05, 3.63) is 18.0 Å². The van der Waals surface area contributed by atoms with Crippen LogP contribution in [-0.2, 0) is 17.8 Å². The van der Waals surface area contributed by atoms with E-state index in [0.717, 1.165) is 24.9 Å². The van der Waals surface area contributed by atoms with Gasteiger partial charge in [0.2, 0.25) is 0 Å². The van der Waals surface area contributed by atoms with E-state index in [1.165, 1.54) is 0 Å². The first-order valence-corrected chi connectivity index (χ1v) is 6.72. The molecule has 4 heteroatoms. The van der Waals surface area contributed by atoms with Gasteiger partial charge in [-0.25, -0.2) is 0 Å². The molecule has 102 valence electrons. The van der Waals surface area contributed by atoms with Crippen LogP contribution in [0.5, 0.6) is 0 Å². The zero-order valence-corrected chi connectivity index (χ0v) is 12.2. The van der Waals surface area contributed by atoms with Crippen LogP contribution in [0.2, 0.25) is 0 Å². The van der Waals surface area contributed by atoms with E-state index in [2.05, 4.69) is 23.8 Å². The molecule has 1 aromatic rings. The highest BCUT2D eigenvalue weighted by Crippen LogP contribution is 2.24. The third-order valence-corrected chi connectivity index (χ3v) is 3.92. The summed E-state index contributed by atoms with van der Waals surface area (Å²) in [6, 6.07) is 0. The molecular formula is C14H25N3O. The normalized spacial score (nSPS) is 12.1. The molecule has 1 heterocycles. The van der Waals surface area contributed by atoms with Gasteiger partial charge >= 0.3 is 0 Å². The summed E-state index contributed by atoms with van der Waals surface area (Å²) in [7, 11) is 3.97. The van der Waals surface area contributed by atoms with Crippen LogP contribution < -0.4 is 0 Å². The van der Waals surface area contributed by atoms with Gasteiger partial charge in [0.15, 0.2) is 5.78 Å². The number of carbonyl (C=O) groups is 1. The fraction of sp³-hybridized carbons (Fsp3) is 0.714. The van der Waals surface area contributed by atoms with Gasteiger partial charge in [0.1, 0.15) is 0 Å². The number of carbonyl (C=O) groups excluding carboxylic acids is 1.